The van der Waals surface area contributed by atoms with Gasteiger partial charge < -0.3 is 11.0 Å². The van der Waals surface area contributed by atoms with Crippen molar-refractivity contribution in [3.63, 3.8) is 0 Å². The van der Waals surface area contributed by atoms with E-state index in [-0.39, 0.29) is 11.0 Å². The Balaban J connectivity index is 0.000000605. The first kappa shape index (κ1) is 12.2. The summed E-state index contributed by atoms with van der Waals surface area (Å²) >= 11 is 1.90. The molecule has 1 aliphatic carbocycles. The molecule has 2 rings (SSSR count). The Morgan fingerprint density at radius 1 is 1.25 bits per heavy atom. The lowest BCUT2D eigenvalue weighted by Crippen LogP contribution is -2.59. The molecular weight excluding hydrogens is 174 g/mol. The maximum absolute atomic E-state index is 2.46. The highest BCUT2D eigenvalue weighted by Crippen LogP contribution is 2.52. The second-order valence-electron chi connectivity index (χ2n) is 3.99. The normalized spacial score (nSPS) is 26.5. The summed E-state index contributed by atoms with van der Waals surface area (Å²) in [5, 5.41) is 0. The smallest absolute Gasteiger partial charge is 0.0159 e. The molecule has 4 N–H and O–H groups in total. The van der Waals surface area contributed by atoms with Gasteiger partial charge in [-0.3, -0.25) is 0 Å². The topological polar surface area (TPSA) is 66.2 Å². The highest BCUT2D eigenvalue weighted by Gasteiger charge is 2.50. The largest absolute Gasteiger partial charge is 0.412 e. The summed E-state index contributed by atoms with van der Waals surface area (Å²) in [6, 6.07) is 0. The summed E-state index contributed by atoms with van der Waals surface area (Å²) in [6.07, 6.45) is 5.16. The van der Waals surface area contributed by atoms with Crippen LogP contribution in [-0.2, 0) is 0 Å². The third-order valence-corrected chi connectivity index (χ3v) is 3.62. The average Bonchev–Trinajstić information content (AvgIpc) is 1.74. The Morgan fingerprint density at radius 3 is 2.08 bits per heavy atom. The standard InChI is InChI=1S/C8H15NS.2H2O/c1-7-3-8(4-7)5-9(6-8)10-2;;/h7H,3-6H2,1-2H3;2*1H2. The van der Waals surface area contributed by atoms with Gasteiger partial charge in [0, 0.05) is 13.1 Å². The molecule has 0 radical (unpaired) electrons. The number of rotatable bonds is 1. The summed E-state index contributed by atoms with van der Waals surface area (Å²) in [5.74, 6) is 1.02. The van der Waals surface area contributed by atoms with Gasteiger partial charge in [-0.2, -0.15) is 0 Å². The maximum Gasteiger partial charge on any atom is 0.0159 e. The molecule has 0 aromatic heterocycles. The van der Waals surface area contributed by atoms with Crippen LogP contribution >= 0.6 is 11.9 Å². The van der Waals surface area contributed by atoms with Gasteiger partial charge in [-0.05, 0) is 30.4 Å². The lowest BCUT2D eigenvalue weighted by molar-refractivity contribution is -0.0407. The van der Waals surface area contributed by atoms with Crippen LogP contribution in [0.4, 0.5) is 0 Å². The third kappa shape index (κ3) is 1.76. The fraction of sp³-hybridized carbons (Fsp3) is 1.00. The summed E-state index contributed by atoms with van der Waals surface area (Å²) in [6.45, 7) is 5.09. The first-order chi connectivity index (χ1) is 4.74. The molecule has 1 spiro atoms. The molecule has 4 heteroatoms. The zero-order valence-corrected chi connectivity index (χ0v) is 8.58. The predicted octanol–water partition coefficient (Wildman–Crippen LogP) is 0.347. The van der Waals surface area contributed by atoms with E-state index in [0.29, 0.717) is 0 Å². The lowest BCUT2D eigenvalue weighted by atomic mass is 9.59. The van der Waals surface area contributed by atoms with Crippen molar-refractivity contribution in [2.45, 2.75) is 19.8 Å². The molecule has 1 aliphatic heterocycles. The van der Waals surface area contributed by atoms with Crippen molar-refractivity contribution in [2.75, 3.05) is 19.3 Å². The molecule has 1 saturated heterocycles. The van der Waals surface area contributed by atoms with Gasteiger partial charge in [-0.1, -0.05) is 18.9 Å². The molecule has 1 heterocycles. The lowest BCUT2D eigenvalue weighted by Gasteiger charge is -2.57. The molecule has 0 amide bonds. The van der Waals surface area contributed by atoms with E-state index in [1.54, 1.807) is 0 Å². The molecule has 74 valence electrons. The predicted molar refractivity (Wildman–Crippen MR) is 53.1 cm³/mol. The highest BCUT2D eigenvalue weighted by atomic mass is 32.2. The van der Waals surface area contributed by atoms with Crippen molar-refractivity contribution in [1.29, 1.82) is 0 Å². The first-order valence-corrected chi connectivity index (χ1v) is 5.21. The van der Waals surface area contributed by atoms with Crippen molar-refractivity contribution in [3.05, 3.63) is 0 Å². The van der Waals surface area contributed by atoms with Crippen molar-refractivity contribution >= 4 is 11.9 Å². The van der Waals surface area contributed by atoms with Crippen molar-refractivity contribution in [1.82, 2.24) is 4.31 Å². The van der Waals surface area contributed by atoms with Crippen molar-refractivity contribution in [2.24, 2.45) is 11.3 Å². The summed E-state index contributed by atoms with van der Waals surface area (Å²) < 4.78 is 2.46. The minimum Gasteiger partial charge on any atom is -0.412 e. The van der Waals surface area contributed by atoms with E-state index in [4.69, 9.17) is 0 Å². The fourth-order valence-electron chi connectivity index (χ4n) is 2.51. The molecular formula is C8H19NO2S. The number of hydrogen-bond acceptors (Lipinski definition) is 2. The first-order valence-electron chi connectivity index (χ1n) is 4.03. The van der Waals surface area contributed by atoms with E-state index in [9.17, 15) is 0 Å². The summed E-state index contributed by atoms with van der Waals surface area (Å²) in [4.78, 5) is 0. The molecule has 12 heavy (non-hydrogen) atoms. The van der Waals surface area contributed by atoms with Gasteiger partial charge >= 0.3 is 0 Å². The van der Waals surface area contributed by atoms with Crippen LogP contribution in [0, 0.1) is 11.3 Å². The van der Waals surface area contributed by atoms with Crippen LogP contribution in [-0.4, -0.2) is 34.6 Å². The minimum atomic E-state index is 0. The van der Waals surface area contributed by atoms with Gasteiger partial charge in [-0.25, -0.2) is 4.31 Å². The quantitative estimate of drug-likeness (QED) is 0.564. The Morgan fingerprint density at radius 2 is 1.75 bits per heavy atom. The minimum absolute atomic E-state index is 0. The SMILES string of the molecule is CSN1CC2(CC(C)C2)C1.O.O. The zero-order chi connectivity index (χ0) is 7.19. The monoisotopic (exact) mass is 193 g/mol. The van der Waals surface area contributed by atoms with Crippen LogP contribution in [0.1, 0.15) is 19.8 Å². The average molecular weight is 193 g/mol. The number of nitrogens with zero attached hydrogens (tertiary/aromatic N) is 1. The van der Waals surface area contributed by atoms with Gasteiger partial charge in [0.15, 0.2) is 0 Å². The van der Waals surface area contributed by atoms with E-state index >= 15 is 0 Å². The van der Waals surface area contributed by atoms with Gasteiger partial charge in [-0.15, -0.1) is 0 Å². The van der Waals surface area contributed by atoms with E-state index in [0.717, 1.165) is 11.3 Å². The van der Waals surface area contributed by atoms with Crippen molar-refractivity contribution < 1.29 is 11.0 Å². The van der Waals surface area contributed by atoms with Crippen LogP contribution < -0.4 is 0 Å². The molecule has 0 bridgehead atoms. The van der Waals surface area contributed by atoms with Crippen LogP contribution in [0.3, 0.4) is 0 Å². The fourth-order valence-corrected chi connectivity index (χ4v) is 3.31. The highest BCUT2D eigenvalue weighted by molar-refractivity contribution is 7.96. The molecule has 0 aromatic carbocycles. The van der Waals surface area contributed by atoms with E-state index in [1.807, 2.05) is 11.9 Å². The third-order valence-electron chi connectivity index (χ3n) is 2.84. The molecule has 0 atom stereocenters. The molecule has 3 nitrogen and oxygen atoms in total. The van der Waals surface area contributed by atoms with Crippen LogP contribution in [0.15, 0.2) is 0 Å². The second kappa shape index (κ2) is 3.96. The summed E-state index contributed by atoms with van der Waals surface area (Å²) in [7, 11) is 0. The van der Waals surface area contributed by atoms with Gasteiger partial charge in [0.1, 0.15) is 0 Å². The zero-order valence-electron chi connectivity index (χ0n) is 7.76. The Hall–Kier alpha value is 0.230. The Kier molecular flexibility index (Phi) is 4.03. The van der Waals surface area contributed by atoms with Gasteiger partial charge in [0.2, 0.25) is 0 Å². The van der Waals surface area contributed by atoms with E-state index < -0.39 is 0 Å². The van der Waals surface area contributed by atoms with Crippen molar-refractivity contribution in [3.8, 4) is 0 Å². The van der Waals surface area contributed by atoms with Crippen LogP contribution in [0.5, 0.6) is 0 Å². The molecule has 1 saturated carbocycles. The van der Waals surface area contributed by atoms with Gasteiger partial charge in [0.05, 0.1) is 0 Å². The summed E-state index contributed by atoms with van der Waals surface area (Å²) in [5.41, 5.74) is 0.794. The molecule has 2 fully saturated rings. The van der Waals surface area contributed by atoms with Crippen LogP contribution in [0.2, 0.25) is 0 Å². The Bertz CT molecular complexity index is 140. The number of hydrogen-bond donors (Lipinski definition) is 0. The molecule has 0 unspecified atom stereocenters. The van der Waals surface area contributed by atoms with E-state index in [1.165, 1.54) is 25.9 Å². The van der Waals surface area contributed by atoms with Gasteiger partial charge in [0.25, 0.3) is 0 Å². The van der Waals surface area contributed by atoms with Crippen LogP contribution in [0.25, 0.3) is 0 Å². The molecule has 0 aromatic rings. The Labute approximate surface area is 78.3 Å². The maximum atomic E-state index is 2.46. The second-order valence-corrected chi connectivity index (χ2v) is 4.88. The molecule has 2 aliphatic rings. The van der Waals surface area contributed by atoms with E-state index in [2.05, 4.69) is 17.5 Å².